The molecule has 1 atom stereocenters. The van der Waals surface area contributed by atoms with E-state index in [2.05, 4.69) is 31.0 Å². The lowest BCUT2D eigenvalue weighted by Gasteiger charge is -2.52. The lowest BCUT2D eigenvalue weighted by atomic mass is 9.79. The summed E-state index contributed by atoms with van der Waals surface area (Å²) < 4.78 is 0. The van der Waals surface area contributed by atoms with Crippen LogP contribution in [0.4, 0.5) is 0 Å². The van der Waals surface area contributed by atoms with Crippen LogP contribution in [-0.2, 0) is 4.79 Å². The van der Waals surface area contributed by atoms with Gasteiger partial charge in [-0.2, -0.15) is 0 Å². The van der Waals surface area contributed by atoms with E-state index in [-0.39, 0.29) is 17.5 Å². The van der Waals surface area contributed by atoms with Gasteiger partial charge in [0.25, 0.3) is 0 Å². The molecule has 4 nitrogen and oxygen atoms in total. The van der Waals surface area contributed by atoms with Crippen molar-refractivity contribution in [2.24, 2.45) is 11.7 Å². The molecule has 0 saturated carbocycles. The maximum absolute atomic E-state index is 11.9. The predicted molar refractivity (Wildman–Crippen MR) is 75.3 cm³/mol. The van der Waals surface area contributed by atoms with E-state index in [0.717, 1.165) is 26.1 Å². The van der Waals surface area contributed by atoms with Crippen molar-refractivity contribution in [2.75, 3.05) is 19.6 Å². The van der Waals surface area contributed by atoms with Crippen molar-refractivity contribution < 1.29 is 4.79 Å². The molecule has 1 aliphatic heterocycles. The Labute approximate surface area is 111 Å². The molecule has 0 bridgehead atoms. The summed E-state index contributed by atoms with van der Waals surface area (Å²) in [4.78, 5) is 14.1. The summed E-state index contributed by atoms with van der Waals surface area (Å²) in [7, 11) is 0. The third-order valence-corrected chi connectivity index (χ3v) is 4.15. The molecule has 18 heavy (non-hydrogen) atoms. The molecule has 1 fully saturated rings. The van der Waals surface area contributed by atoms with Crippen LogP contribution < -0.4 is 11.1 Å². The van der Waals surface area contributed by atoms with Gasteiger partial charge in [-0.1, -0.05) is 33.6 Å². The van der Waals surface area contributed by atoms with Crippen molar-refractivity contribution in [3.8, 4) is 0 Å². The third-order valence-electron chi connectivity index (χ3n) is 4.15. The van der Waals surface area contributed by atoms with Crippen LogP contribution in [-0.4, -0.2) is 42.0 Å². The first-order chi connectivity index (χ1) is 8.40. The Morgan fingerprint density at radius 2 is 1.94 bits per heavy atom. The quantitative estimate of drug-likeness (QED) is 0.675. The van der Waals surface area contributed by atoms with Gasteiger partial charge >= 0.3 is 0 Å². The summed E-state index contributed by atoms with van der Waals surface area (Å²) in [6.07, 6.45) is 3.43. The van der Waals surface area contributed by atoms with Crippen molar-refractivity contribution in [1.29, 1.82) is 0 Å². The minimum Gasteiger partial charge on any atom is -0.355 e. The molecule has 0 aromatic carbocycles. The first kappa shape index (κ1) is 15.4. The van der Waals surface area contributed by atoms with Gasteiger partial charge in [0, 0.05) is 25.2 Å². The fraction of sp³-hybridized carbons (Fsp3) is 0.929. The second kappa shape index (κ2) is 6.53. The maximum Gasteiger partial charge on any atom is 0.237 e. The number of carbonyl (C=O) groups is 1. The summed E-state index contributed by atoms with van der Waals surface area (Å²) in [6.45, 7) is 10.9. The van der Waals surface area contributed by atoms with Crippen LogP contribution in [0.1, 0.15) is 47.0 Å². The molecule has 0 radical (unpaired) electrons. The van der Waals surface area contributed by atoms with E-state index in [1.54, 1.807) is 0 Å². The highest BCUT2D eigenvalue weighted by Crippen LogP contribution is 2.27. The molecule has 1 saturated heterocycles. The average molecular weight is 255 g/mol. The van der Waals surface area contributed by atoms with Gasteiger partial charge in [0.15, 0.2) is 0 Å². The van der Waals surface area contributed by atoms with Gasteiger partial charge in [0.05, 0.1) is 6.04 Å². The van der Waals surface area contributed by atoms with Gasteiger partial charge in [0.2, 0.25) is 5.91 Å². The molecular weight excluding hydrogens is 226 g/mol. The highest BCUT2D eigenvalue weighted by Gasteiger charge is 2.44. The van der Waals surface area contributed by atoms with Crippen LogP contribution in [0.2, 0.25) is 0 Å². The molecule has 1 heterocycles. The second-order valence-corrected chi connectivity index (χ2v) is 5.97. The van der Waals surface area contributed by atoms with Gasteiger partial charge in [-0.3, -0.25) is 9.69 Å². The van der Waals surface area contributed by atoms with E-state index in [4.69, 9.17) is 5.73 Å². The van der Waals surface area contributed by atoms with E-state index in [1.165, 1.54) is 12.8 Å². The fourth-order valence-corrected chi connectivity index (χ4v) is 2.25. The molecule has 1 amide bonds. The largest absolute Gasteiger partial charge is 0.355 e. The Bertz CT molecular complexity index is 272. The Kier molecular flexibility index (Phi) is 5.60. The molecule has 0 aromatic heterocycles. The van der Waals surface area contributed by atoms with E-state index >= 15 is 0 Å². The van der Waals surface area contributed by atoms with Gasteiger partial charge in [-0.05, 0) is 19.3 Å². The van der Waals surface area contributed by atoms with E-state index in [1.807, 2.05) is 6.92 Å². The molecule has 1 rings (SSSR count). The second-order valence-electron chi connectivity index (χ2n) is 5.97. The summed E-state index contributed by atoms with van der Waals surface area (Å²) in [5.41, 5.74) is 6.14. The number of amides is 1. The number of nitrogens with one attached hydrogen (secondary N) is 1. The number of unbranched alkanes of at least 4 members (excludes halogenated alkanes) is 2. The summed E-state index contributed by atoms with van der Waals surface area (Å²) >= 11 is 0. The Morgan fingerprint density at radius 3 is 2.44 bits per heavy atom. The third kappa shape index (κ3) is 3.69. The van der Waals surface area contributed by atoms with Crippen LogP contribution in [0.25, 0.3) is 0 Å². The molecule has 0 aliphatic carbocycles. The Hall–Kier alpha value is -0.610. The summed E-state index contributed by atoms with van der Waals surface area (Å²) in [5, 5.41) is 3.00. The molecular formula is C14H29N3O. The number of rotatable bonds is 7. The Balaban J connectivity index is 2.25. The normalized spacial score (nSPS) is 20.6. The van der Waals surface area contributed by atoms with E-state index in [0.29, 0.717) is 5.92 Å². The van der Waals surface area contributed by atoms with E-state index < -0.39 is 0 Å². The molecule has 0 aromatic rings. The molecule has 1 unspecified atom stereocenters. The predicted octanol–water partition coefficient (Wildman–Crippen LogP) is 1.35. The average Bonchev–Trinajstić information content (AvgIpc) is 2.29. The van der Waals surface area contributed by atoms with Crippen molar-refractivity contribution in [2.45, 2.75) is 58.5 Å². The minimum absolute atomic E-state index is 0.0537. The van der Waals surface area contributed by atoms with E-state index in [9.17, 15) is 4.79 Å². The van der Waals surface area contributed by atoms with Gasteiger partial charge < -0.3 is 11.1 Å². The number of nitrogens with two attached hydrogens (primary N) is 1. The molecule has 4 heteroatoms. The van der Waals surface area contributed by atoms with Crippen LogP contribution >= 0.6 is 0 Å². The first-order valence-corrected chi connectivity index (χ1v) is 7.21. The number of hydrogen-bond acceptors (Lipinski definition) is 3. The molecule has 106 valence electrons. The van der Waals surface area contributed by atoms with Crippen molar-refractivity contribution in [3.63, 3.8) is 0 Å². The lowest BCUT2D eigenvalue weighted by molar-refractivity contribution is -0.129. The lowest BCUT2D eigenvalue weighted by Crippen LogP contribution is -2.72. The molecule has 1 aliphatic rings. The summed E-state index contributed by atoms with van der Waals surface area (Å²) in [6, 6.07) is -0.0537. The standard InChI is InChI=1S/C14H29N3O/c1-5-6-7-8-16-13(18)12(4)17-9-14(15,10-17)11(2)3/h11-12H,5-10,15H2,1-4H3,(H,16,18). The van der Waals surface area contributed by atoms with Crippen molar-refractivity contribution >= 4 is 5.91 Å². The first-order valence-electron chi connectivity index (χ1n) is 7.21. The zero-order valence-corrected chi connectivity index (χ0v) is 12.3. The van der Waals surface area contributed by atoms with Gasteiger partial charge in [-0.15, -0.1) is 0 Å². The van der Waals surface area contributed by atoms with Crippen molar-refractivity contribution in [1.82, 2.24) is 10.2 Å². The molecule has 3 N–H and O–H groups in total. The van der Waals surface area contributed by atoms with Crippen LogP contribution in [0, 0.1) is 5.92 Å². The van der Waals surface area contributed by atoms with Gasteiger partial charge in [-0.25, -0.2) is 0 Å². The fourth-order valence-electron chi connectivity index (χ4n) is 2.25. The number of carbonyl (C=O) groups excluding carboxylic acids is 1. The number of likely N-dealkylation sites (tertiary alicyclic amines) is 1. The van der Waals surface area contributed by atoms with Crippen LogP contribution in [0.3, 0.4) is 0 Å². The SMILES string of the molecule is CCCCCNC(=O)C(C)N1CC(N)(C(C)C)C1. The molecule has 0 spiro atoms. The van der Waals surface area contributed by atoms with Crippen molar-refractivity contribution in [3.05, 3.63) is 0 Å². The highest BCUT2D eigenvalue weighted by atomic mass is 16.2. The topological polar surface area (TPSA) is 58.4 Å². The Morgan fingerprint density at radius 1 is 1.33 bits per heavy atom. The zero-order valence-electron chi connectivity index (χ0n) is 12.3. The summed E-state index contributed by atoms with van der Waals surface area (Å²) in [5.74, 6) is 0.602. The van der Waals surface area contributed by atoms with Crippen LogP contribution in [0.5, 0.6) is 0 Å². The minimum atomic E-state index is -0.100. The maximum atomic E-state index is 11.9. The zero-order chi connectivity index (χ0) is 13.8. The number of nitrogens with zero attached hydrogens (tertiary/aromatic N) is 1. The highest BCUT2D eigenvalue weighted by molar-refractivity contribution is 5.81. The smallest absolute Gasteiger partial charge is 0.237 e. The monoisotopic (exact) mass is 255 g/mol. The number of hydrogen-bond donors (Lipinski definition) is 2. The van der Waals surface area contributed by atoms with Crippen LogP contribution in [0.15, 0.2) is 0 Å². The van der Waals surface area contributed by atoms with Gasteiger partial charge in [0.1, 0.15) is 0 Å².